The SMILES string of the molecule is CCCO[C@@H]1[C@@H](OC)[C@H](C)O[C@@H](O/N=C/c2ccc(/C=C/c3ccc(C(F)(F)F)cc3)cc2)[C@@H]1OC. The van der Waals surface area contributed by atoms with Gasteiger partial charge in [-0.05, 0) is 42.2 Å². The maximum Gasteiger partial charge on any atom is 0.416 e. The second-order valence-corrected chi connectivity index (χ2v) is 8.41. The molecule has 0 unspecified atom stereocenters. The topological polar surface area (TPSA) is 58.5 Å². The van der Waals surface area contributed by atoms with Crippen molar-refractivity contribution in [3.8, 4) is 0 Å². The van der Waals surface area contributed by atoms with Crippen molar-refractivity contribution >= 4 is 18.4 Å². The summed E-state index contributed by atoms with van der Waals surface area (Å²) in [4.78, 5) is 5.63. The number of oxime groups is 1. The average molecular weight is 508 g/mol. The van der Waals surface area contributed by atoms with Crippen LogP contribution in [0, 0.1) is 0 Å². The molecule has 0 aliphatic carbocycles. The molecule has 196 valence electrons. The molecule has 2 aromatic rings. The third-order valence-electron chi connectivity index (χ3n) is 5.80. The molecule has 9 heteroatoms. The highest BCUT2D eigenvalue weighted by Crippen LogP contribution is 2.30. The summed E-state index contributed by atoms with van der Waals surface area (Å²) in [7, 11) is 3.18. The van der Waals surface area contributed by atoms with Crippen molar-refractivity contribution in [1.29, 1.82) is 0 Å². The number of benzene rings is 2. The zero-order valence-corrected chi connectivity index (χ0v) is 20.8. The fourth-order valence-electron chi connectivity index (χ4n) is 3.89. The van der Waals surface area contributed by atoms with E-state index in [9.17, 15) is 13.2 Å². The molecule has 6 nitrogen and oxygen atoms in total. The van der Waals surface area contributed by atoms with Gasteiger partial charge in [-0.15, -0.1) is 0 Å². The predicted octanol–water partition coefficient (Wildman–Crippen LogP) is 5.80. The van der Waals surface area contributed by atoms with Crippen molar-refractivity contribution in [2.24, 2.45) is 5.16 Å². The quantitative estimate of drug-likeness (QED) is 0.231. The number of ether oxygens (including phenoxy) is 4. The van der Waals surface area contributed by atoms with Gasteiger partial charge in [-0.1, -0.05) is 60.6 Å². The number of halogens is 3. The first-order valence-electron chi connectivity index (χ1n) is 11.7. The molecule has 5 atom stereocenters. The third kappa shape index (κ3) is 7.39. The molecule has 0 spiro atoms. The molecular formula is C27H32F3NO5. The number of rotatable bonds is 10. The van der Waals surface area contributed by atoms with E-state index in [2.05, 4.69) is 5.16 Å². The lowest BCUT2D eigenvalue weighted by molar-refractivity contribution is -0.308. The van der Waals surface area contributed by atoms with E-state index in [0.717, 1.165) is 29.7 Å². The van der Waals surface area contributed by atoms with Crippen LogP contribution in [0.3, 0.4) is 0 Å². The molecule has 0 aromatic heterocycles. The van der Waals surface area contributed by atoms with E-state index in [4.69, 9.17) is 23.8 Å². The first-order valence-corrected chi connectivity index (χ1v) is 11.7. The van der Waals surface area contributed by atoms with E-state index in [1.54, 1.807) is 26.5 Å². The summed E-state index contributed by atoms with van der Waals surface area (Å²) in [5, 5.41) is 4.08. The lowest BCUT2D eigenvalue weighted by Crippen LogP contribution is -2.59. The van der Waals surface area contributed by atoms with Gasteiger partial charge in [0.1, 0.15) is 12.2 Å². The number of hydrogen-bond donors (Lipinski definition) is 0. The van der Waals surface area contributed by atoms with Gasteiger partial charge in [0, 0.05) is 20.8 Å². The Bertz CT molecular complexity index is 992. The fraction of sp³-hybridized carbons (Fsp3) is 0.444. The molecule has 1 saturated heterocycles. The molecule has 1 aliphatic heterocycles. The Hall–Kier alpha value is -2.72. The lowest BCUT2D eigenvalue weighted by Gasteiger charge is -2.42. The van der Waals surface area contributed by atoms with Crippen LogP contribution in [-0.4, -0.2) is 57.7 Å². The first-order chi connectivity index (χ1) is 17.3. The minimum atomic E-state index is -4.34. The maximum atomic E-state index is 12.7. The monoisotopic (exact) mass is 507 g/mol. The Morgan fingerprint density at radius 1 is 0.861 bits per heavy atom. The third-order valence-corrected chi connectivity index (χ3v) is 5.80. The van der Waals surface area contributed by atoms with Crippen molar-refractivity contribution in [3.63, 3.8) is 0 Å². The minimum absolute atomic E-state index is 0.279. The Labute approximate surface area is 209 Å². The van der Waals surface area contributed by atoms with Gasteiger partial charge in [-0.25, -0.2) is 0 Å². The molecule has 0 bridgehead atoms. The van der Waals surface area contributed by atoms with Crippen molar-refractivity contribution in [1.82, 2.24) is 0 Å². The van der Waals surface area contributed by atoms with Crippen LogP contribution in [0.15, 0.2) is 53.7 Å². The van der Waals surface area contributed by atoms with Crippen LogP contribution in [0.25, 0.3) is 12.2 Å². The van der Waals surface area contributed by atoms with E-state index in [1.165, 1.54) is 12.1 Å². The van der Waals surface area contributed by atoms with Gasteiger partial charge in [0.15, 0.2) is 6.10 Å². The highest BCUT2D eigenvalue weighted by Gasteiger charge is 2.47. The molecule has 0 radical (unpaired) electrons. The van der Waals surface area contributed by atoms with E-state index >= 15 is 0 Å². The van der Waals surface area contributed by atoms with Crippen molar-refractivity contribution in [3.05, 3.63) is 70.8 Å². The summed E-state index contributed by atoms with van der Waals surface area (Å²) >= 11 is 0. The summed E-state index contributed by atoms with van der Waals surface area (Å²) in [6.45, 7) is 4.48. The van der Waals surface area contributed by atoms with Gasteiger partial charge in [0.25, 0.3) is 6.29 Å². The molecular weight excluding hydrogens is 475 g/mol. The summed E-state index contributed by atoms with van der Waals surface area (Å²) in [5.41, 5.74) is 1.69. The van der Waals surface area contributed by atoms with Crippen LogP contribution in [0.5, 0.6) is 0 Å². The van der Waals surface area contributed by atoms with Gasteiger partial charge in [-0.3, -0.25) is 0 Å². The summed E-state index contributed by atoms with van der Waals surface area (Å²) in [5.74, 6) is 0. The molecule has 2 aromatic carbocycles. The van der Waals surface area contributed by atoms with Crippen LogP contribution in [0.1, 0.15) is 42.5 Å². The summed E-state index contributed by atoms with van der Waals surface area (Å²) in [6, 6.07) is 12.5. The van der Waals surface area contributed by atoms with Crippen molar-refractivity contribution in [2.45, 2.75) is 57.2 Å². The molecule has 0 N–H and O–H groups in total. The molecule has 1 heterocycles. The Balaban J connectivity index is 1.59. The zero-order valence-electron chi connectivity index (χ0n) is 20.8. The second-order valence-electron chi connectivity index (χ2n) is 8.41. The molecule has 36 heavy (non-hydrogen) atoms. The smallest absolute Gasteiger partial charge is 0.376 e. The van der Waals surface area contributed by atoms with E-state index < -0.39 is 24.1 Å². The summed E-state index contributed by atoms with van der Waals surface area (Å²) < 4.78 is 61.1. The van der Waals surface area contributed by atoms with Crippen molar-refractivity contribution < 1.29 is 37.0 Å². The largest absolute Gasteiger partial charge is 0.416 e. The molecule has 0 amide bonds. The van der Waals surface area contributed by atoms with Gasteiger partial charge in [-0.2, -0.15) is 13.2 Å². The number of hydrogen-bond acceptors (Lipinski definition) is 6. The number of methoxy groups -OCH3 is 2. The fourth-order valence-corrected chi connectivity index (χ4v) is 3.89. The van der Waals surface area contributed by atoms with E-state index in [1.807, 2.05) is 44.2 Å². The lowest BCUT2D eigenvalue weighted by atomic mass is 9.99. The maximum absolute atomic E-state index is 12.7. The molecule has 3 rings (SSSR count). The van der Waals surface area contributed by atoms with Crippen LogP contribution in [-0.2, 0) is 30.0 Å². The predicted molar refractivity (Wildman–Crippen MR) is 131 cm³/mol. The molecule has 1 aliphatic rings. The number of alkyl halides is 3. The van der Waals surface area contributed by atoms with Gasteiger partial charge >= 0.3 is 6.18 Å². The zero-order chi connectivity index (χ0) is 26.1. The average Bonchev–Trinajstić information content (AvgIpc) is 2.86. The van der Waals surface area contributed by atoms with Crippen LogP contribution in [0.4, 0.5) is 13.2 Å². The van der Waals surface area contributed by atoms with Crippen LogP contribution >= 0.6 is 0 Å². The standard InChI is InChI=1S/C27H32F3NO5/c1-5-16-34-24-23(32-3)18(2)35-26(25(24)33-4)36-31-17-21-10-8-19(9-11-21)6-7-20-12-14-22(15-13-20)27(28,29)30/h6-15,17-18,23-26H,5,16H2,1-4H3/b7-6+,31-17+/t18-,23-,24+,25+,26-/m0/s1. The summed E-state index contributed by atoms with van der Waals surface area (Å²) in [6.07, 6.45) is -0.565. The normalized spacial score (nSPS) is 25.0. The molecule has 1 fully saturated rings. The minimum Gasteiger partial charge on any atom is -0.376 e. The first kappa shape index (κ1) is 27.9. The van der Waals surface area contributed by atoms with Crippen LogP contribution in [0.2, 0.25) is 0 Å². The Kier molecular flexibility index (Phi) is 10.1. The van der Waals surface area contributed by atoms with Gasteiger partial charge in [0.05, 0.1) is 17.9 Å². The van der Waals surface area contributed by atoms with E-state index in [0.29, 0.717) is 12.2 Å². The number of nitrogens with zero attached hydrogens (tertiary/aromatic N) is 1. The van der Waals surface area contributed by atoms with Gasteiger partial charge < -0.3 is 23.8 Å². The highest BCUT2D eigenvalue weighted by molar-refractivity contribution is 5.80. The van der Waals surface area contributed by atoms with E-state index in [-0.39, 0.29) is 18.3 Å². The highest BCUT2D eigenvalue weighted by atomic mass is 19.4. The molecule has 0 saturated carbocycles. The van der Waals surface area contributed by atoms with Crippen LogP contribution < -0.4 is 0 Å². The second kappa shape index (κ2) is 13.0. The van der Waals surface area contributed by atoms with Crippen molar-refractivity contribution in [2.75, 3.05) is 20.8 Å². The Morgan fingerprint density at radius 3 is 1.94 bits per heavy atom. The Morgan fingerprint density at radius 2 is 1.42 bits per heavy atom. The van der Waals surface area contributed by atoms with Gasteiger partial charge in [0.2, 0.25) is 0 Å².